The first-order valence-electron chi connectivity index (χ1n) is 5.94. The largest absolute Gasteiger partial charge is 0.479 e. The Morgan fingerprint density at radius 1 is 1.33 bits per heavy atom. The van der Waals surface area contributed by atoms with Crippen LogP contribution in [0.4, 0.5) is 10.5 Å². The molecule has 0 heterocycles. The van der Waals surface area contributed by atoms with Crippen LogP contribution in [0.1, 0.15) is 5.56 Å². The van der Waals surface area contributed by atoms with Gasteiger partial charge in [0.25, 0.3) is 5.69 Å². The van der Waals surface area contributed by atoms with Crippen LogP contribution in [-0.2, 0) is 16.1 Å². The molecule has 0 saturated carbocycles. The molecule has 1 atom stereocenters. The summed E-state index contributed by atoms with van der Waals surface area (Å²) in [7, 11) is 1.23. The molecule has 1 aromatic carbocycles. The van der Waals surface area contributed by atoms with Crippen molar-refractivity contribution in [3.05, 3.63) is 39.9 Å². The molecule has 1 rings (SSSR count). The molecule has 21 heavy (non-hydrogen) atoms. The second-order valence-electron chi connectivity index (χ2n) is 4.05. The first-order chi connectivity index (χ1) is 9.93. The van der Waals surface area contributed by atoms with Gasteiger partial charge < -0.3 is 20.5 Å². The number of rotatable bonds is 7. The van der Waals surface area contributed by atoms with Crippen molar-refractivity contribution in [3.63, 3.8) is 0 Å². The maximum absolute atomic E-state index is 11.5. The highest BCUT2D eigenvalue weighted by Gasteiger charge is 2.16. The normalized spacial score (nSPS) is 11.5. The topological polar surface area (TPSA) is 131 Å². The summed E-state index contributed by atoms with van der Waals surface area (Å²) in [6.07, 6.45) is -1.12. The summed E-state index contributed by atoms with van der Waals surface area (Å²) in [6, 6.07) is 5.15. The Kier molecular flexibility index (Phi) is 6.08. The number of nitrogens with zero attached hydrogens (tertiary/aromatic N) is 1. The lowest BCUT2D eigenvalue weighted by molar-refractivity contribution is -0.384. The van der Waals surface area contributed by atoms with E-state index in [1.165, 1.54) is 31.4 Å². The maximum Gasteiger partial charge on any atom is 0.334 e. The van der Waals surface area contributed by atoms with Crippen LogP contribution in [0.3, 0.4) is 0 Å². The molecule has 114 valence electrons. The summed E-state index contributed by atoms with van der Waals surface area (Å²) in [5.74, 6) is -1.17. The number of carbonyl (C=O) groups excluding carboxylic acids is 1. The molecule has 0 aromatic heterocycles. The molecule has 0 bridgehead atoms. The monoisotopic (exact) mass is 297 g/mol. The number of hydrogen-bond acceptors (Lipinski definition) is 5. The molecule has 0 spiro atoms. The van der Waals surface area contributed by atoms with Gasteiger partial charge >= 0.3 is 12.0 Å². The van der Waals surface area contributed by atoms with Gasteiger partial charge in [-0.1, -0.05) is 12.1 Å². The predicted molar refractivity (Wildman–Crippen MR) is 71.8 cm³/mol. The van der Waals surface area contributed by atoms with E-state index in [2.05, 4.69) is 15.4 Å². The molecule has 3 N–H and O–H groups in total. The standard InChI is InChI=1S/C12H15N3O6/c1-21-10(11(16)17)7-14-12(18)13-6-8-2-4-9(5-3-8)15(19)20/h2-5,10H,6-7H2,1H3,(H,16,17)(H2,13,14,18). The SMILES string of the molecule is COC(CNC(=O)NCc1ccc([N+](=O)[O-])cc1)C(=O)O. The van der Waals surface area contributed by atoms with Gasteiger partial charge in [-0.3, -0.25) is 10.1 Å². The van der Waals surface area contributed by atoms with E-state index in [1.54, 1.807) is 0 Å². The van der Waals surface area contributed by atoms with Crippen molar-refractivity contribution in [2.45, 2.75) is 12.6 Å². The van der Waals surface area contributed by atoms with Crippen molar-refractivity contribution in [3.8, 4) is 0 Å². The minimum atomic E-state index is -1.17. The van der Waals surface area contributed by atoms with E-state index >= 15 is 0 Å². The van der Waals surface area contributed by atoms with Crippen LogP contribution in [0.15, 0.2) is 24.3 Å². The number of benzene rings is 1. The van der Waals surface area contributed by atoms with Gasteiger partial charge in [0.15, 0.2) is 6.10 Å². The zero-order valence-electron chi connectivity index (χ0n) is 11.2. The summed E-state index contributed by atoms with van der Waals surface area (Å²) in [5.41, 5.74) is 0.643. The summed E-state index contributed by atoms with van der Waals surface area (Å²) in [4.78, 5) is 32.1. The molecule has 9 heteroatoms. The molecule has 0 radical (unpaired) electrons. The van der Waals surface area contributed by atoms with E-state index in [0.29, 0.717) is 5.56 Å². The predicted octanol–water partition coefficient (Wildman–Crippen LogP) is 0.494. The summed E-state index contributed by atoms with van der Waals surface area (Å²) in [5, 5.41) is 24.0. The number of nitrogens with one attached hydrogen (secondary N) is 2. The fourth-order valence-corrected chi connectivity index (χ4v) is 1.44. The minimum Gasteiger partial charge on any atom is -0.479 e. The van der Waals surface area contributed by atoms with E-state index in [9.17, 15) is 19.7 Å². The molecule has 0 aliphatic rings. The van der Waals surface area contributed by atoms with Crippen molar-refractivity contribution in [2.24, 2.45) is 0 Å². The number of methoxy groups -OCH3 is 1. The van der Waals surface area contributed by atoms with Crippen LogP contribution in [0, 0.1) is 10.1 Å². The highest BCUT2D eigenvalue weighted by molar-refractivity contribution is 5.76. The van der Waals surface area contributed by atoms with E-state index in [0.717, 1.165) is 0 Å². The summed E-state index contributed by atoms with van der Waals surface area (Å²) < 4.78 is 4.65. The first-order valence-corrected chi connectivity index (χ1v) is 5.94. The molecule has 0 saturated heterocycles. The van der Waals surface area contributed by atoms with Gasteiger partial charge in [-0.2, -0.15) is 0 Å². The Morgan fingerprint density at radius 2 is 1.95 bits per heavy atom. The van der Waals surface area contributed by atoms with Crippen LogP contribution < -0.4 is 10.6 Å². The Bertz CT molecular complexity index is 516. The van der Waals surface area contributed by atoms with Gasteiger partial charge in [-0.05, 0) is 5.56 Å². The Morgan fingerprint density at radius 3 is 2.43 bits per heavy atom. The molecule has 0 aliphatic carbocycles. The number of carboxylic acid groups (broad SMARTS) is 1. The lowest BCUT2D eigenvalue weighted by Crippen LogP contribution is -2.42. The molecule has 2 amide bonds. The lowest BCUT2D eigenvalue weighted by atomic mass is 10.2. The lowest BCUT2D eigenvalue weighted by Gasteiger charge is -2.12. The van der Waals surface area contributed by atoms with E-state index in [-0.39, 0.29) is 18.8 Å². The van der Waals surface area contributed by atoms with Gasteiger partial charge in [0, 0.05) is 25.8 Å². The molecule has 0 aliphatic heterocycles. The van der Waals surface area contributed by atoms with Crippen LogP contribution in [0.2, 0.25) is 0 Å². The van der Waals surface area contributed by atoms with Crippen molar-refractivity contribution in [2.75, 3.05) is 13.7 Å². The third kappa shape index (κ3) is 5.45. The van der Waals surface area contributed by atoms with Crippen molar-refractivity contribution >= 4 is 17.7 Å². The Labute approximate surface area is 120 Å². The number of carboxylic acids is 1. The Balaban J connectivity index is 2.39. The number of urea groups is 1. The highest BCUT2D eigenvalue weighted by atomic mass is 16.6. The molecular formula is C12H15N3O6. The molecule has 1 aromatic rings. The zero-order valence-corrected chi connectivity index (χ0v) is 11.2. The smallest absolute Gasteiger partial charge is 0.334 e. The van der Waals surface area contributed by atoms with E-state index in [1.807, 2.05) is 0 Å². The van der Waals surface area contributed by atoms with Crippen LogP contribution in [0.25, 0.3) is 0 Å². The van der Waals surface area contributed by atoms with Crippen molar-refractivity contribution in [1.82, 2.24) is 10.6 Å². The molecule has 1 unspecified atom stereocenters. The number of ether oxygens (including phenoxy) is 1. The fraction of sp³-hybridized carbons (Fsp3) is 0.333. The van der Waals surface area contributed by atoms with Crippen LogP contribution in [0.5, 0.6) is 0 Å². The quantitative estimate of drug-likeness (QED) is 0.496. The number of non-ortho nitro benzene ring substituents is 1. The van der Waals surface area contributed by atoms with Crippen molar-refractivity contribution in [1.29, 1.82) is 0 Å². The van der Waals surface area contributed by atoms with Gasteiger partial charge in [-0.15, -0.1) is 0 Å². The third-order valence-electron chi connectivity index (χ3n) is 2.61. The van der Waals surface area contributed by atoms with Crippen molar-refractivity contribution < 1.29 is 24.4 Å². The average Bonchev–Trinajstić information content (AvgIpc) is 2.45. The van der Waals surface area contributed by atoms with Crippen LogP contribution >= 0.6 is 0 Å². The summed E-state index contributed by atoms with van der Waals surface area (Å²) in [6.45, 7) is -0.00746. The molecule has 9 nitrogen and oxygen atoms in total. The average molecular weight is 297 g/mol. The number of amides is 2. The fourth-order valence-electron chi connectivity index (χ4n) is 1.44. The first kappa shape index (κ1) is 16.4. The second-order valence-corrected chi connectivity index (χ2v) is 4.05. The minimum absolute atomic E-state index is 0.0346. The van der Waals surface area contributed by atoms with E-state index < -0.39 is 23.0 Å². The number of carbonyl (C=O) groups is 2. The summed E-state index contributed by atoms with van der Waals surface area (Å²) >= 11 is 0. The molecule has 0 fully saturated rings. The number of hydrogen-bond donors (Lipinski definition) is 3. The Hall–Kier alpha value is -2.68. The zero-order chi connectivity index (χ0) is 15.8. The van der Waals surface area contributed by atoms with Crippen LogP contribution in [-0.4, -0.2) is 41.8 Å². The van der Waals surface area contributed by atoms with Gasteiger partial charge in [0.1, 0.15) is 0 Å². The highest BCUT2D eigenvalue weighted by Crippen LogP contribution is 2.11. The third-order valence-corrected chi connectivity index (χ3v) is 2.61. The number of nitro benzene ring substituents is 1. The number of nitro groups is 1. The van der Waals surface area contributed by atoms with Gasteiger partial charge in [0.05, 0.1) is 11.5 Å². The van der Waals surface area contributed by atoms with Gasteiger partial charge in [-0.25, -0.2) is 9.59 Å². The molecular weight excluding hydrogens is 282 g/mol. The second kappa shape index (κ2) is 7.80. The maximum atomic E-state index is 11.5. The van der Waals surface area contributed by atoms with E-state index in [4.69, 9.17) is 5.11 Å². The number of aliphatic carboxylic acids is 1. The van der Waals surface area contributed by atoms with Gasteiger partial charge in [0.2, 0.25) is 0 Å².